The molecule has 0 aromatic carbocycles. The van der Waals surface area contributed by atoms with E-state index in [1.165, 1.54) is 11.1 Å². The maximum absolute atomic E-state index is 5.68. The third-order valence-corrected chi connectivity index (χ3v) is 4.31. The van der Waals surface area contributed by atoms with Crippen molar-refractivity contribution in [2.75, 3.05) is 31.6 Å². The highest BCUT2D eigenvalue weighted by atomic mass is 16.5. The van der Waals surface area contributed by atoms with E-state index in [-0.39, 0.29) is 5.60 Å². The second-order valence-electron chi connectivity index (χ2n) is 6.34. The first kappa shape index (κ1) is 16.2. The number of rotatable bonds is 6. The summed E-state index contributed by atoms with van der Waals surface area (Å²) in [5.41, 5.74) is 2.47. The van der Waals surface area contributed by atoms with Crippen LogP contribution in [0.25, 0.3) is 0 Å². The van der Waals surface area contributed by atoms with Gasteiger partial charge in [-0.2, -0.15) is 0 Å². The van der Waals surface area contributed by atoms with E-state index < -0.39 is 0 Å². The van der Waals surface area contributed by atoms with Crippen LogP contribution in [0.5, 0.6) is 0 Å². The summed E-state index contributed by atoms with van der Waals surface area (Å²) in [6.45, 7) is 10.5. The summed E-state index contributed by atoms with van der Waals surface area (Å²) < 4.78 is 5.68. The van der Waals surface area contributed by atoms with E-state index in [1.807, 2.05) is 13.3 Å². The number of aryl methyl sites for hydroxylation is 1. The molecule has 1 atom stereocenters. The summed E-state index contributed by atoms with van der Waals surface area (Å²) in [5.74, 6) is 1.11. The second-order valence-corrected chi connectivity index (χ2v) is 6.34. The SMILES string of the molecule is CCCNCc1cnc(N2CCCC(C)(OC)C2)c(C)c1. The Hall–Kier alpha value is -1.13. The first-order valence-corrected chi connectivity index (χ1v) is 8.04. The molecule has 21 heavy (non-hydrogen) atoms. The van der Waals surface area contributed by atoms with Crippen LogP contribution in [-0.2, 0) is 11.3 Å². The predicted octanol–water partition coefficient (Wildman–Crippen LogP) is 2.89. The van der Waals surface area contributed by atoms with E-state index in [0.717, 1.165) is 51.3 Å². The average Bonchev–Trinajstić information content (AvgIpc) is 2.48. The van der Waals surface area contributed by atoms with Crippen molar-refractivity contribution in [1.82, 2.24) is 10.3 Å². The molecule has 1 saturated heterocycles. The Bertz CT molecular complexity index is 463. The molecular weight excluding hydrogens is 262 g/mol. The Labute approximate surface area is 128 Å². The molecule has 0 spiro atoms. The van der Waals surface area contributed by atoms with Crippen LogP contribution in [0.2, 0.25) is 0 Å². The summed E-state index contributed by atoms with van der Waals surface area (Å²) in [5, 5.41) is 3.43. The molecular formula is C17H29N3O. The van der Waals surface area contributed by atoms with Crippen molar-refractivity contribution in [2.24, 2.45) is 0 Å². The smallest absolute Gasteiger partial charge is 0.131 e. The fourth-order valence-electron chi connectivity index (χ4n) is 3.02. The quantitative estimate of drug-likeness (QED) is 0.818. The molecule has 2 heterocycles. The van der Waals surface area contributed by atoms with Crippen molar-refractivity contribution in [1.29, 1.82) is 0 Å². The maximum Gasteiger partial charge on any atom is 0.131 e. The third kappa shape index (κ3) is 4.17. The lowest BCUT2D eigenvalue weighted by Gasteiger charge is -2.40. The van der Waals surface area contributed by atoms with E-state index in [1.54, 1.807) is 0 Å². The van der Waals surface area contributed by atoms with Gasteiger partial charge < -0.3 is 15.0 Å². The average molecular weight is 291 g/mol. The van der Waals surface area contributed by atoms with Gasteiger partial charge in [-0.15, -0.1) is 0 Å². The van der Waals surface area contributed by atoms with E-state index in [9.17, 15) is 0 Å². The lowest BCUT2D eigenvalue weighted by Crippen LogP contribution is -2.48. The Morgan fingerprint density at radius 2 is 2.29 bits per heavy atom. The van der Waals surface area contributed by atoms with E-state index in [0.29, 0.717) is 0 Å². The molecule has 4 heteroatoms. The van der Waals surface area contributed by atoms with E-state index in [2.05, 4.69) is 37.1 Å². The molecule has 1 fully saturated rings. The van der Waals surface area contributed by atoms with Gasteiger partial charge in [-0.3, -0.25) is 0 Å². The Balaban J connectivity index is 2.06. The molecule has 1 aliphatic heterocycles. The van der Waals surface area contributed by atoms with Crippen LogP contribution >= 0.6 is 0 Å². The zero-order chi connectivity index (χ0) is 15.3. The summed E-state index contributed by atoms with van der Waals surface area (Å²) in [7, 11) is 1.81. The van der Waals surface area contributed by atoms with Crippen LogP contribution in [0.3, 0.4) is 0 Å². The highest BCUT2D eigenvalue weighted by Gasteiger charge is 2.31. The van der Waals surface area contributed by atoms with Gasteiger partial charge in [0.25, 0.3) is 0 Å². The van der Waals surface area contributed by atoms with Gasteiger partial charge in [0.1, 0.15) is 5.82 Å². The molecule has 0 bridgehead atoms. The molecule has 4 nitrogen and oxygen atoms in total. The monoisotopic (exact) mass is 291 g/mol. The van der Waals surface area contributed by atoms with E-state index in [4.69, 9.17) is 9.72 Å². The molecule has 0 radical (unpaired) electrons. The molecule has 2 rings (SSSR count). The summed E-state index contributed by atoms with van der Waals surface area (Å²) >= 11 is 0. The van der Waals surface area contributed by atoms with E-state index >= 15 is 0 Å². The molecule has 1 N–H and O–H groups in total. The summed E-state index contributed by atoms with van der Waals surface area (Å²) in [6.07, 6.45) is 5.45. The summed E-state index contributed by atoms with van der Waals surface area (Å²) in [4.78, 5) is 7.08. The number of piperidine rings is 1. The first-order valence-electron chi connectivity index (χ1n) is 8.04. The van der Waals surface area contributed by atoms with Crippen molar-refractivity contribution < 1.29 is 4.74 Å². The minimum atomic E-state index is -0.0479. The maximum atomic E-state index is 5.68. The second kappa shape index (κ2) is 7.23. The molecule has 1 aromatic rings. The third-order valence-electron chi connectivity index (χ3n) is 4.31. The molecule has 0 amide bonds. The lowest BCUT2D eigenvalue weighted by atomic mass is 9.94. The van der Waals surface area contributed by atoms with Gasteiger partial charge in [0.2, 0.25) is 0 Å². The van der Waals surface area contributed by atoms with Crippen molar-refractivity contribution in [3.8, 4) is 0 Å². The van der Waals surface area contributed by atoms with Gasteiger partial charge in [0.05, 0.1) is 5.60 Å². The largest absolute Gasteiger partial charge is 0.377 e. The molecule has 0 aliphatic carbocycles. The highest BCUT2D eigenvalue weighted by molar-refractivity contribution is 5.48. The topological polar surface area (TPSA) is 37.4 Å². The van der Waals surface area contributed by atoms with Crippen LogP contribution in [0.1, 0.15) is 44.2 Å². The zero-order valence-electron chi connectivity index (χ0n) is 13.9. The molecule has 1 aromatic heterocycles. The Kier molecular flexibility index (Phi) is 5.59. The fraction of sp³-hybridized carbons (Fsp3) is 0.706. The lowest BCUT2D eigenvalue weighted by molar-refractivity contribution is -0.00483. The number of anilines is 1. The number of nitrogens with zero attached hydrogens (tertiary/aromatic N) is 2. The highest BCUT2D eigenvalue weighted by Crippen LogP contribution is 2.28. The van der Waals surface area contributed by atoms with Gasteiger partial charge in [-0.05, 0) is 56.8 Å². The van der Waals surface area contributed by atoms with Gasteiger partial charge in [0, 0.05) is 32.9 Å². The van der Waals surface area contributed by atoms with Crippen molar-refractivity contribution in [3.05, 3.63) is 23.4 Å². The Morgan fingerprint density at radius 1 is 1.48 bits per heavy atom. The number of nitrogens with one attached hydrogen (secondary N) is 1. The summed E-state index contributed by atoms with van der Waals surface area (Å²) in [6, 6.07) is 2.25. The number of hydrogen-bond donors (Lipinski definition) is 1. The first-order chi connectivity index (χ1) is 10.1. The molecule has 1 unspecified atom stereocenters. The predicted molar refractivity (Wildman–Crippen MR) is 87.8 cm³/mol. The molecule has 0 saturated carbocycles. The van der Waals surface area contributed by atoms with Gasteiger partial charge in [-0.1, -0.05) is 6.92 Å². The minimum Gasteiger partial charge on any atom is -0.377 e. The van der Waals surface area contributed by atoms with Crippen LogP contribution < -0.4 is 10.2 Å². The van der Waals surface area contributed by atoms with Crippen LogP contribution in [0.15, 0.2) is 12.3 Å². The van der Waals surface area contributed by atoms with Gasteiger partial charge >= 0.3 is 0 Å². The van der Waals surface area contributed by atoms with Gasteiger partial charge in [0.15, 0.2) is 0 Å². The number of ether oxygens (including phenoxy) is 1. The Morgan fingerprint density at radius 3 is 2.95 bits per heavy atom. The fourth-order valence-corrected chi connectivity index (χ4v) is 3.02. The number of pyridine rings is 1. The number of hydrogen-bond acceptors (Lipinski definition) is 4. The van der Waals surface area contributed by atoms with Crippen LogP contribution in [0.4, 0.5) is 5.82 Å². The van der Waals surface area contributed by atoms with Crippen molar-refractivity contribution >= 4 is 5.82 Å². The van der Waals surface area contributed by atoms with Crippen molar-refractivity contribution in [3.63, 3.8) is 0 Å². The molecule has 118 valence electrons. The standard InChI is InChI=1S/C17H29N3O/c1-5-8-18-11-15-10-14(2)16(19-12-15)20-9-6-7-17(3,13-20)21-4/h10,12,18H,5-9,11,13H2,1-4H3. The number of aromatic nitrogens is 1. The molecule has 1 aliphatic rings. The van der Waals surface area contributed by atoms with Crippen LogP contribution in [0, 0.1) is 6.92 Å². The zero-order valence-corrected chi connectivity index (χ0v) is 13.9. The number of methoxy groups -OCH3 is 1. The van der Waals surface area contributed by atoms with Gasteiger partial charge in [-0.25, -0.2) is 4.98 Å². The van der Waals surface area contributed by atoms with Crippen molar-refractivity contribution in [2.45, 2.75) is 52.2 Å². The normalized spacial score (nSPS) is 22.6. The minimum absolute atomic E-state index is 0.0479. The van der Waals surface area contributed by atoms with Crippen LogP contribution in [-0.4, -0.2) is 37.3 Å².